The van der Waals surface area contributed by atoms with Gasteiger partial charge in [-0.25, -0.2) is 19.2 Å². The van der Waals surface area contributed by atoms with Gasteiger partial charge in [0.1, 0.15) is 36.0 Å². The van der Waals surface area contributed by atoms with Gasteiger partial charge in [-0.05, 0) is 68.7 Å². The lowest BCUT2D eigenvalue weighted by atomic mass is 9.80. The van der Waals surface area contributed by atoms with E-state index in [9.17, 15) is 19.6 Å². The number of carbonyl (C=O) groups excluding carboxylic acids is 3. The molecule has 4 rings (SSSR count). The molecule has 0 aliphatic heterocycles. The Labute approximate surface area is 369 Å². The van der Waals surface area contributed by atoms with Gasteiger partial charge in [0.05, 0.1) is 46.1 Å². The van der Waals surface area contributed by atoms with Crippen molar-refractivity contribution < 1.29 is 47.1 Å². The van der Waals surface area contributed by atoms with Gasteiger partial charge in [0.25, 0.3) is 14.4 Å². The summed E-state index contributed by atoms with van der Waals surface area (Å²) in [4.78, 5) is 48.4. The summed E-state index contributed by atoms with van der Waals surface area (Å²) in [7, 11) is 1.13. The average molecular weight is 884 g/mol. The first kappa shape index (κ1) is 49.2. The lowest BCUT2D eigenvalue weighted by Gasteiger charge is -2.39. The number of nitrogens with one attached hydrogen (secondary N) is 3. The Morgan fingerprint density at radius 1 is 0.810 bits per heavy atom. The SMILES string of the molecule is C=CCOC(=O)Nc1ncc(NC(=O)[C@@H](COC(c2ccccc2)(c2ccc(OC)cc2)c2ccc(OC)cc2)OP(OCCC#N)N(C(C)C)C(C)C)c(NC(=O)OCC=C)n1. The standard InChI is InChI=1S/C45H54N7O10P/c1-9-26-58-43(54)50-40-38(29-47-42(49-40)51-44(55)59-27-10-2)48-41(53)39(62-63(61-28-14-25-46)52(31(3)4)32(5)6)30-60-45(33-15-12-11-13-16-33,34-17-21-36(56-7)22-18-34)35-19-23-37(57-8)24-20-35/h9-13,15-24,29,31-32,39H,1-2,14,26-28,30H2,3-8H3,(H,48,53)(H2,47,49,50,51,54,55)/t39-,63?/m1/s1. The Kier molecular flexibility index (Phi) is 19.5. The second-order valence-electron chi connectivity index (χ2n) is 13.9. The van der Waals surface area contributed by atoms with Crippen LogP contribution in [-0.4, -0.2) is 91.6 Å². The number of methoxy groups -OCH3 is 2. The van der Waals surface area contributed by atoms with Crippen LogP contribution >= 0.6 is 8.53 Å². The summed E-state index contributed by atoms with van der Waals surface area (Å²) in [5.41, 5.74) is 0.675. The molecule has 334 valence electrons. The minimum absolute atomic E-state index is 0.0252. The predicted octanol–water partition coefficient (Wildman–Crippen LogP) is 8.57. The summed E-state index contributed by atoms with van der Waals surface area (Å²) in [5.74, 6) is -0.00738. The van der Waals surface area contributed by atoms with Crippen molar-refractivity contribution in [2.75, 3.05) is 56.6 Å². The van der Waals surface area contributed by atoms with Crippen LogP contribution in [0.3, 0.4) is 0 Å². The van der Waals surface area contributed by atoms with Crippen LogP contribution in [0, 0.1) is 11.3 Å². The fourth-order valence-electron chi connectivity index (χ4n) is 6.20. The van der Waals surface area contributed by atoms with Gasteiger partial charge in [-0.2, -0.15) is 10.2 Å². The number of aromatic nitrogens is 2. The zero-order valence-corrected chi connectivity index (χ0v) is 37.1. The van der Waals surface area contributed by atoms with Crippen LogP contribution in [0.5, 0.6) is 11.5 Å². The van der Waals surface area contributed by atoms with E-state index in [4.69, 9.17) is 32.7 Å². The summed E-state index contributed by atoms with van der Waals surface area (Å²) < 4.78 is 43.2. The van der Waals surface area contributed by atoms with Gasteiger partial charge in [-0.3, -0.25) is 15.4 Å². The summed E-state index contributed by atoms with van der Waals surface area (Å²) in [5, 5.41) is 17.0. The van der Waals surface area contributed by atoms with Gasteiger partial charge >= 0.3 is 12.2 Å². The van der Waals surface area contributed by atoms with Crippen LogP contribution in [0.1, 0.15) is 50.8 Å². The number of carbonyl (C=O) groups is 3. The second kappa shape index (κ2) is 24.9. The molecule has 0 spiro atoms. The number of hydrogen-bond donors (Lipinski definition) is 3. The van der Waals surface area contributed by atoms with Crippen molar-refractivity contribution in [3.8, 4) is 17.6 Å². The molecule has 1 aromatic heterocycles. The second-order valence-corrected chi connectivity index (χ2v) is 15.3. The Morgan fingerprint density at radius 2 is 1.35 bits per heavy atom. The summed E-state index contributed by atoms with van der Waals surface area (Å²) >= 11 is 0. The fraction of sp³-hybridized carbons (Fsp3) is 0.333. The molecular weight excluding hydrogens is 830 g/mol. The van der Waals surface area contributed by atoms with Gasteiger partial charge in [0.2, 0.25) is 5.95 Å². The van der Waals surface area contributed by atoms with Crippen molar-refractivity contribution in [3.63, 3.8) is 0 Å². The monoisotopic (exact) mass is 883 g/mol. The fourth-order valence-corrected chi connectivity index (χ4v) is 7.88. The van der Waals surface area contributed by atoms with E-state index in [2.05, 4.69) is 45.1 Å². The highest BCUT2D eigenvalue weighted by Gasteiger charge is 2.41. The Bertz CT molecular complexity index is 2100. The molecule has 17 nitrogen and oxygen atoms in total. The molecule has 3 amide bonds. The quantitative estimate of drug-likeness (QED) is 0.0261. The van der Waals surface area contributed by atoms with E-state index in [-0.39, 0.29) is 62.4 Å². The summed E-state index contributed by atoms with van der Waals surface area (Å²) in [6.45, 7) is 14.4. The number of ether oxygens (including phenoxy) is 5. The normalized spacial score (nSPS) is 12.1. The highest BCUT2D eigenvalue weighted by atomic mass is 31.2. The van der Waals surface area contributed by atoms with E-state index in [1.165, 1.54) is 18.3 Å². The van der Waals surface area contributed by atoms with Crippen LogP contribution in [-0.2, 0) is 33.7 Å². The smallest absolute Gasteiger partial charge is 0.414 e. The van der Waals surface area contributed by atoms with E-state index in [1.807, 2.05) is 111 Å². The van der Waals surface area contributed by atoms with Crippen LogP contribution in [0.2, 0.25) is 0 Å². The van der Waals surface area contributed by atoms with E-state index >= 15 is 0 Å². The molecule has 0 bridgehead atoms. The molecule has 2 atom stereocenters. The number of hydrogen-bond acceptors (Lipinski definition) is 14. The predicted molar refractivity (Wildman–Crippen MR) is 239 cm³/mol. The van der Waals surface area contributed by atoms with Crippen molar-refractivity contribution in [1.29, 1.82) is 5.26 Å². The lowest BCUT2D eigenvalue weighted by Crippen LogP contribution is -2.42. The van der Waals surface area contributed by atoms with Crippen molar-refractivity contribution in [2.24, 2.45) is 0 Å². The van der Waals surface area contributed by atoms with E-state index in [1.54, 1.807) is 14.2 Å². The molecular formula is C45H54N7O10P. The number of rotatable bonds is 24. The first-order chi connectivity index (χ1) is 30.4. The molecule has 3 N–H and O–H groups in total. The molecule has 18 heteroatoms. The number of amides is 3. The minimum Gasteiger partial charge on any atom is -0.497 e. The van der Waals surface area contributed by atoms with E-state index < -0.39 is 38.3 Å². The molecule has 0 aliphatic rings. The zero-order chi connectivity index (χ0) is 45.8. The van der Waals surface area contributed by atoms with Gasteiger partial charge in [-0.15, -0.1) is 0 Å². The molecule has 0 saturated carbocycles. The van der Waals surface area contributed by atoms with Gasteiger partial charge < -0.3 is 38.0 Å². The molecule has 63 heavy (non-hydrogen) atoms. The summed E-state index contributed by atoms with van der Waals surface area (Å²) in [6, 6.07) is 26.2. The molecule has 4 aromatic rings. The topological polar surface area (TPSA) is 205 Å². The first-order valence-electron chi connectivity index (χ1n) is 19.9. The Hall–Kier alpha value is -6.41. The van der Waals surface area contributed by atoms with Crippen molar-refractivity contribution in [1.82, 2.24) is 14.6 Å². The maximum Gasteiger partial charge on any atom is 0.414 e. The van der Waals surface area contributed by atoms with Crippen LogP contribution in [0.4, 0.5) is 27.0 Å². The molecule has 1 heterocycles. The number of anilines is 3. The third-order valence-corrected chi connectivity index (χ3v) is 11.1. The molecule has 0 saturated heterocycles. The number of nitriles is 1. The molecule has 3 aromatic carbocycles. The summed E-state index contributed by atoms with van der Waals surface area (Å²) in [6.07, 6.45) is 0.729. The maximum absolute atomic E-state index is 14.8. The van der Waals surface area contributed by atoms with Crippen LogP contribution < -0.4 is 25.4 Å². The van der Waals surface area contributed by atoms with Crippen LogP contribution in [0.25, 0.3) is 0 Å². The average Bonchev–Trinajstić information content (AvgIpc) is 3.28. The minimum atomic E-state index is -2.02. The molecule has 0 radical (unpaired) electrons. The highest BCUT2D eigenvalue weighted by molar-refractivity contribution is 7.44. The van der Waals surface area contributed by atoms with E-state index in [0.717, 1.165) is 5.56 Å². The molecule has 0 aliphatic carbocycles. The van der Waals surface area contributed by atoms with Gasteiger partial charge in [0.15, 0.2) is 11.9 Å². The molecule has 1 unspecified atom stereocenters. The first-order valence-corrected chi connectivity index (χ1v) is 21.0. The van der Waals surface area contributed by atoms with Gasteiger partial charge in [0, 0.05) is 12.1 Å². The molecule has 0 fully saturated rings. The Morgan fingerprint density at radius 3 is 1.86 bits per heavy atom. The van der Waals surface area contributed by atoms with Crippen LogP contribution in [0.15, 0.2) is 110 Å². The maximum atomic E-state index is 14.8. The van der Waals surface area contributed by atoms with Crippen molar-refractivity contribution in [2.45, 2.75) is 57.9 Å². The third-order valence-electron chi connectivity index (χ3n) is 8.94. The zero-order valence-electron chi connectivity index (χ0n) is 36.2. The van der Waals surface area contributed by atoms with E-state index in [0.29, 0.717) is 22.6 Å². The van der Waals surface area contributed by atoms with Crippen molar-refractivity contribution >= 4 is 44.1 Å². The largest absolute Gasteiger partial charge is 0.497 e. The number of benzene rings is 3. The highest BCUT2D eigenvalue weighted by Crippen LogP contribution is 2.48. The lowest BCUT2D eigenvalue weighted by molar-refractivity contribution is -0.128. The van der Waals surface area contributed by atoms with Crippen molar-refractivity contribution in [3.05, 3.63) is 127 Å². The Balaban J connectivity index is 1.88. The third kappa shape index (κ3) is 13.8. The number of nitrogens with zero attached hydrogens (tertiary/aromatic N) is 4. The van der Waals surface area contributed by atoms with Gasteiger partial charge in [-0.1, -0.05) is 79.9 Å².